The second kappa shape index (κ2) is 28.2. The molecule has 14 aromatic rings. The van der Waals surface area contributed by atoms with Gasteiger partial charge in [0.2, 0.25) is 17.7 Å². The van der Waals surface area contributed by atoms with Gasteiger partial charge in [0, 0.05) is 143 Å². The van der Waals surface area contributed by atoms with E-state index in [1.165, 1.54) is 0 Å². The van der Waals surface area contributed by atoms with Gasteiger partial charge in [-0.15, -0.1) is 11.3 Å². The van der Waals surface area contributed by atoms with E-state index in [-0.39, 0.29) is 35.5 Å². The van der Waals surface area contributed by atoms with Crippen molar-refractivity contribution in [2.45, 2.75) is 75.5 Å². The Hall–Kier alpha value is -10.5. The van der Waals surface area contributed by atoms with Crippen LogP contribution in [0.15, 0.2) is 170 Å². The van der Waals surface area contributed by atoms with E-state index >= 15 is 0 Å². The molecule has 3 amide bonds. The molecule has 0 saturated carbocycles. The van der Waals surface area contributed by atoms with Gasteiger partial charge in [0.25, 0.3) is 0 Å². The Morgan fingerprint density at radius 3 is 1.29 bits per heavy atom. The molecule has 3 fully saturated rings. The van der Waals surface area contributed by atoms with Crippen LogP contribution in [0.2, 0.25) is 5.02 Å². The monoisotopic (exact) mass is 1370 g/mol. The quantitative estimate of drug-likeness (QED) is 0.0627. The van der Waals surface area contributed by atoms with Crippen molar-refractivity contribution in [3.05, 3.63) is 203 Å². The Morgan fingerprint density at radius 2 is 0.909 bits per heavy atom. The van der Waals surface area contributed by atoms with E-state index in [1.807, 2.05) is 118 Å². The van der Waals surface area contributed by atoms with Crippen molar-refractivity contribution in [1.82, 2.24) is 72.8 Å². The smallest absolute Gasteiger partial charge is 0.232 e. The molecule has 0 unspecified atom stereocenters. The molecule has 9 N–H and O–H groups in total. The summed E-state index contributed by atoms with van der Waals surface area (Å²) in [5.74, 6) is 6.26. The van der Waals surface area contributed by atoms with E-state index in [9.17, 15) is 14.4 Å². The zero-order valence-electron chi connectivity index (χ0n) is 54.7. The number of thioether (sulfide) groups is 1. The maximum absolute atomic E-state index is 12.9. The van der Waals surface area contributed by atoms with Gasteiger partial charge in [-0.25, -0.2) is 29.9 Å². The Balaban J connectivity index is 0.000000121. The number of H-pyrrole nitrogens is 3. The summed E-state index contributed by atoms with van der Waals surface area (Å²) in [6.07, 6.45) is 19.9. The average molecular weight is 1380 g/mol. The Kier molecular flexibility index (Phi) is 18.3. The van der Waals surface area contributed by atoms with Gasteiger partial charge in [0.15, 0.2) is 0 Å². The van der Waals surface area contributed by atoms with Crippen molar-refractivity contribution < 1.29 is 14.4 Å². The number of aryl methyl sites for hydroxylation is 1. The largest absolute Gasteiger partial charge is 0.382 e. The number of imidazole rings is 3. The first-order valence-corrected chi connectivity index (χ1v) is 36.3. The maximum Gasteiger partial charge on any atom is 0.232 e. The summed E-state index contributed by atoms with van der Waals surface area (Å²) in [5, 5.41) is 6.12. The molecule has 0 spiro atoms. The minimum atomic E-state index is 0.189. The van der Waals surface area contributed by atoms with Crippen LogP contribution in [0, 0.1) is 0 Å². The second-order valence-electron chi connectivity index (χ2n) is 25.6. The standard InChI is InChI=1S/C28H27ClN6O.C25H24N6OS.C22H24N6OS/c29-21-6-3-4-18(16-21)8-9-24(36)34-13-10-19(11-14-34)28-33-25(26-27(30)31-12-15-35(26)28)23-17-20-5-1-2-7-22(20)32-23;26-24-23-22(20-14-17-4-1-2-6-19(17)28-20)29-25(31(23)12-9-27-24)16-7-10-30(11-8-16)21(32)15-18-5-3-13-33-18;1-30-13-18(29)27-9-6-14(7-10-27)22-26-19(20-21(23)24-8-11-28(20)22)17-12-15-4-2-3-5-16(15)25-17/h1-7,12,15-17,19,32H,8-11,13-14H2,(H2,30,31);1-6,9,12-14,16,28H,7-8,10-11,15H2,(H2,26,27);2-5,8,11-12,14,25H,6-7,9-10,13H2,1H3,(H2,23,24). The van der Waals surface area contributed by atoms with E-state index in [4.69, 9.17) is 43.8 Å². The number of hydrogen-bond donors (Lipinski definition) is 6. The summed E-state index contributed by atoms with van der Waals surface area (Å²) in [4.78, 5) is 83.5. The summed E-state index contributed by atoms with van der Waals surface area (Å²) in [5.41, 5.74) is 31.0. The second-order valence-corrected chi connectivity index (χ2v) is 28.0. The lowest BCUT2D eigenvalue weighted by Crippen LogP contribution is -2.39. The minimum absolute atomic E-state index is 0.189. The molecule has 502 valence electrons. The molecule has 0 radical (unpaired) electrons. The summed E-state index contributed by atoms with van der Waals surface area (Å²) < 4.78 is 6.23. The third-order valence-electron chi connectivity index (χ3n) is 19.5. The summed E-state index contributed by atoms with van der Waals surface area (Å²) in [6.45, 7) is 4.45. The van der Waals surface area contributed by atoms with Gasteiger partial charge in [-0.1, -0.05) is 84.4 Å². The van der Waals surface area contributed by atoms with Gasteiger partial charge >= 0.3 is 0 Å². The molecule has 0 atom stereocenters. The molecule has 0 bridgehead atoms. The van der Waals surface area contributed by atoms with Crippen molar-refractivity contribution >= 4 is 119 Å². The number of para-hydroxylation sites is 3. The van der Waals surface area contributed by atoms with Crippen LogP contribution in [0.4, 0.5) is 17.5 Å². The number of piperidine rings is 3. The van der Waals surface area contributed by atoms with Crippen LogP contribution in [-0.4, -0.2) is 142 Å². The molecule has 3 aliphatic heterocycles. The lowest BCUT2D eigenvalue weighted by atomic mass is 9.95. The van der Waals surface area contributed by atoms with Crippen molar-refractivity contribution in [1.29, 1.82) is 0 Å². The molecule has 17 rings (SSSR count). The number of thiophene rings is 1. The van der Waals surface area contributed by atoms with Crippen LogP contribution in [-0.2, 0) is 27.2 Å². The molecule has 99 heavy (non-hydrogen) atoms. The predicted octanol–water partition coefficient (Wildman–Crippen LogP) is 13.5. The number of carbonyl (C=O) groups excluding carboxylic acids is 3. The third-order valence-corrected chi connectivity index (χ3v) is 21.2. The highest BCUT2D eigenvalue weighted by molar-refractivity contribution is 7.99. The van der Waals surface area contributed by atoms with E-state index in [0.717, 1.165) is 189 Å². The lowest BCUT2D eigenvalue weighted by Gasteiger charge is -2.31. The summed E-state index contributed by atoms with van der Waals surface area (Å²) >= 11 is 9.29. The fraction of sp³-hybridized carbons (Fsp3) is 0.267. The highest BCUT2D eigenvalue weighted by Crippen LogP contribution is 2.40. The first-order valence-electron chi connectivity index (χ1n) is 33.6. The van der Waals surface area contributed by atoms with Crippen LogP contribution in [0.5, 0.6) is 0 Å². The van der Waals surface area contributed by atoms with Crippen molar-refractivity contribution in [3.63, 3.8) is 0 Å². The number of nitrogen functional groups attached to an aromatic ring is 3. The van der Waals surface area contributed by atoms with E-state index < -0.39 is 0 Å². The van der Waals surface area contributed by atoms with Crippen LogP contribution >= 0.6 is 34.7 Å². The van der Waals surface area contributed by atoms with Crippen LogP contribution in [0.25, 0.3) is 83.4 Å². The van der Waals surface area contributed by atoms with Gasteiger partial charge < -0.3 is 46.9 Å². The first-order chi connectivity index (χ1) is 48.4. The number of nitrogens with zero attached hydrogens (tertiary/aromatic N) is 12. The zero-order chi connectivity index (χ0) is 67.7. The topological polar surface area (TPSA) is 277 Å². The minimum Gasteiger partial charge on any atom is -0.382 e. The van der Waals surface area contributed by atoms with E-state index in [2.05, 4.69) is 97.7 Å². The molecule has 24 heteroatoms. The molecular formula is C75H75ClN18O3S2. The first kappa shape index (κ1) is 64.5. The van der Waals surface area contributed by atoms with Crippen LogP contribution in [0.3, 0.4) is 0 Å². The SMILES string of the molecule is CSCC(=O)N1CCC(c2nc(-c3cc4ccccc4[nH]3)c3c(N)nccn23)CC1.Nc1nccn2c(C3CCN(C(=O)CCc4cccc(Cl)c4)CC3)nc(-c3cc4ccccc4[nH]3)c12.Nc1nccn2c(C3CCN(C(=O)Cc4cccs4)CC3)nc(-c3cc4ccccc4[nH]3)c12. The Morgan fingerprint density at radius 1 is 0.505 bits per heavy atom. The molecular weight excluding hydrogens is 1300 g/mol. The molecule has 0 aliphatic carbocycles. The van der Waals surface area contributed by atoms with Crippen molar-refractivity contribution in [2.24, 2.45) is 0 Å². The van der Waals surface area contributed by atoms with Crippen molar-refractivity contribution in [3.8, 4) is 34.2 Å². The number of benzene rings is 4. The van der Waals surface area contributed by atoms with Gasteiger partial charge in [-0.05, 0) is 117 Å². The fourth-order valence-electron chi connectivity index (χ4n) is 14.4. The van der Waals surface area contributed by atoms with Crippen LogP contribution < -0.4 is 17.2 Å². The van der Waals surface area contributed by atoms with Gasteiger partial charge in [-0.3, -0.25) is 27.6 Å². The number of halogens is 1. The number of nitrogens with two attached hydrogens (primary N) is 3. The molecule has 4 aromatic carbocycles. The van der Waals surface area contributed by atoms with Crippen LogP contribution in [0.1, 0.15) is 90.6 Å². The number of aromatic nitrogens is 12. The molecule has 13 heterocycles. The highest BCUT2D eigenvalue weighted by atomic mass is 35.5. The Bertz CT molecular complexity index is 5160. The van der Waals surface area contributed by atoms with E-state index in [0.29, 0.717) is 47.5 Å². The Labute approximate surface area is 583 Å². The van der Waals surface area contributed by atoms with E-state index in [1.54, 1.807) is 41.7 Å². The number of aromatic amines is 3. The van der Waals surface area contributed by atoms with Gasteiger partial charge in [-0.2, -0.15) is 11.8 Å². The lowest BCUT2D eigenvalue weighted by molar-refractivity contribution is -0.132. The average Bonchev–Trinajstić information content (AvgIpc) is 1.62. The summed E-state index contributed by atoms with van der Waals surface area (Å²) in [7, 11) is 0. The molecule has 10 aromatic heterocycles. The molecule has 3 saturated heterocycles. The number of nitrogens with one attached hydrogen (secondary N) is 3. The normalized spacial score (nSPS) is 14.9. The molecule has 21 nitrogen and oxygen atoms in total. The maximum atomic E-state index is 12.9. The number of anilines is 3. The highest BCUT2D eigenvalue weighted by Gasteiger charge is 2.33. The number of fused-ring (bicyclic) bond motifs is 6. The number of hydrogen-bond acceptors (Lipinski definition) is 14. The van der Waals surface area contributed by atoms with Gasteiger partial charge in [0.05, 0.1) is 29.3 Å². The predicted molar refractivity (Wildman–Crippen MR) is 396 cm³/mol. The third kappa shape index (κ3) is 13.3. The number of likely N-dealkylation sites (tertiary alicyclic amines) is 3. The molecule has 3 aliphatic rings. The summed E-state index contributed by atoms with van der Waals surface area (Å²) in [6, 6.07) is 42.6. The number of carbonyl (C=O) groups is 3. The fourth-order valence-corrected chi connectivity index (χ4v) is 15.8. The van der Waals surface area contributed by atoms with Gasteiger partial charge in [0.1, 0.15) is 68.6 Å². The number of amides is 3. The number of rotatable bonds is 13. The zero-order valence-corrected chi connectivity index (χ0v) is 57.1. The van der Waals surface area contributed by atoms with Crippen molar-refractivity contribution in [2.75, 3.05) is 68.5 Å².